The fraction of sp³-hybridized carbons (Fsp3) is 0.367. The molecule has 1 saturated heterocycles. The molecule has 3 aromatic rings. The first-order valence-electron chi connectivity index (χ1n) is 13.0. The zero-order valence-corrected chi connectivity index (χ0v) is 23.2. The Morgan fingerprint density at radius 1 is 0.791 bits per heavy atom. The molecule has 0 aliphatic carbocycles. The van der Waals surface area contributed by atoms with Gasteiger partial charge in [-0.3, -0.25) is 4.90 Å². The van der Waals surface area contributed by atoms with E-state index >= 15 is 0 Å². The van der Waals surface area contributed by atoms with E-state index in [0.29, 0.717) is 23.4 Å². The van der Waals surface area contributed by atoms with E-state index in [0.717, 1.165) is 22.6 Å². The highest BCUT2D eigenvalue weighted by atomic mass is 19.4. The lowest BCUT2D eigenvalue weighted by atomic mass is 9.89. The maximum Gasteiger partial charge on any atom is 0.416 e. The highest BCUT2D eigenvalue weighted by molar-refractivity contribution is 5.77. The Balaban J connectivity index is 1.81. The highest BCUT2D eigenvalue weighted by Gasteiger charge is 2.43. The average Bonchev–Trinajstić information content (AvgIpc) is 3.18. The number of methoxy groups -OCH3 is 1. The summed E-state index contributed by atoms with van der Waals surface area (Å²) in [5, 5.41) is 0. The molecule has 1 aliphatic heterocycles. The number of carbonyl (C=O) groups is 1. The predicted molar refractivity (Wildman–Crippen MR) is 138 cm³/mol. The lowest BCUT2D eigenvalue weighted by Crippen LogP contribution is -2.31. The maximum atomic E-state index is 13.8. The van der Waals surface area contributed by atoms with Crippen LogP contribution in [0.5, 0.6) is 5.75 Å². The van der Waals surface area contributed by atoms with Gasteiger partial charge in [0, 0.05) is 17.7 Å². The molecule has 1 fully saturated rings. The van der Waals surface area contributed by atoms with E-state index in [2.05, 4.69) is 0 Å². The van der Waals surface area contributed by atoms with Crippen molar-refractivity contribution in [2.24, 2.45) is 0 Å². The summed E-state index contributed by atoms with van der Waals surface area (Å²) in [7, 11) is 1.38. The molecule has 232 valence electrons. The van der Waals surface area contributed by atoms with Gasteiger partial charge >= 0.3 is 24.6 Å². The summed E-state index contributed by atoms with van der Waals surface area (Å²) in [6.07, 6.45) is -17.5. The Hall–Kier alpha value is -3.90. The molecule has 1 amide bonds. The molecule has 2 atom stereocenters. The van der Waals surface area contributed by atoms with E-state index in [-0.39, 0.29) is 23.1 Å². The lowest BCUT2D eigenvalue weighted by molar-refractivity contribution is -0.143. The third-order valence-electron chi connectivity index (χ3n) is 7.26. The number of alkyl halides is 9. The minimum absolute atomic E-state index is 0.0361. The molecule has 0 spiro atoms. The molecule has 0 aromatic heterocycles. The number of nitrogens with zero attached hydrogens (tertiary/aromatic N) is 1. The first-order valence-corrected chi connectivity index (χ1v) is 13.0. The number of hydrogen-bond donors (Lipinski definition) is 0. The van der Waals surface area contributed by atoms with Crippen LogP contribution in [0, 0.1) is 0 Å². The van der Waals surface area contributed by atoms with Crippen molar-refractivity contribution in [3.8, 4) is 16.9 Å². The molecular weight excluding hydrogens is 593 g/mol. The van der Waals surface area contributed by atoms with Crippen molar-refractivity contribution in [3.63, 3.8) is 0 Å². The fourth-order valence-corrected chi connectivity index (χ4v) is 4.96. The summed E-state index contributed by atoms with van der Waals surface area (Å²) in [5.74, 6) is 0.359. The highest BCUT2D eigenvalue weighted by Crippen LogP contribution is 2.45. The topological polar surface area (TPSA) is 38.8 Å². The van der Waals surface area contributed by atoms with Crippen LogP contribution in [0.4, 0.5) is 44.3 Å². The van der Waals surface area contributed by atoms with E-state index in [1.54, 1.807) is 18.2 Å². The van der Waals surface area contributed by atoms with Gasteiger partial charge in [-0.15, -0.1) is 0 Å². The van der Waals surface area contributed by atoms with E-state index in [4.69, 9.17) is 9.47 Å². The number of carbonyl (C=O) groups excluding carboxylic acids is 1. The maximum absolute atomic E-state index is 13.8. The van der Waals surface area contributed by atoms with Gasteiger partial charge in [-0.25, -0.2) is 4.79 Å². The monoisotopic (exact) mass is 619 g/mol. The van der Waals surface area contributed by atoms with Crippen LogP contribution in [0.3, 0.4) is 0 Å². The molecule has 13 heteroatoms. The van der Waals surface area contributed by atoms with Crippen LogP contribution in [0.1, 0.15) is 66.2 Å². The first kappa shape index (κ1) is 32.0. The third-order valence-corrected chi connectivity index (χ3v) is 7.26. The van der Waals surface area contributed by atoms with Crippen molar-refractivity contribution in [2.45, 2.75) is 63.9 Å². The van der Waals surface area contributed by atoms with Crippen LogP contribution < -0.4 is 4.74 Å². The summed E-state index contributed by atoms with van der Waals surface area (Å²) < 4.78 is 133. The number of rotatable bonds is 6. The lowest BCUT2D eigenvalue weighted by Gasteiger charge is -2.24. The van der Waals surface area contributed by atoms with Crippen LogP contribution in [0.25, 0.3) is 11.1 Å². The smallest absolute Gasteiger partial charge is 0.416 e. The van der Waals surface area contributed by atoms with Crippen LogP contribution >= 0.6 is 0 Å². The molecule has 0 saturated carbocycles. The minimum atomic E-state index is -5.10. The van der Waals surface area contributed by atoms with Crippen LogP contribution in [-0.2, 0) is 29.8 Å². The molecular formula is C30H26F9NO3. The predicted octanol–water partition coefficient (Wildman–Crippen LogP) is 9.62. The summed E-state index contributed by atoms with van der Waals surface area (Å²) in [6, 6.07) is 7.92. The van der Waals surface area contributed by atoms with Gasteiger partial charge in [-0.1, -0.05) is 26.0 Å². The molecule has 0 N–H and O–H groups in total. The third kappa shape index (κ3) is 6.70. The Labute approximate surface area is 241 Å². The average molecular weight is 620 g/mol. The quantitative estimate of drug-likeness (QED) is 0.258. The van der Waals surface area contributed by atoms with Crippen molar-refractivity contribution in [3.05, 3.63) is 88.0 Å². The molecule has 0 bridgehead atoms. The molecule has 4 nitrogen and oxygen atoms in total. The van der Waals surface area contributed by atoms with Gasteiger partial charge in [-0.2, -0.15) is 39.5 Å². The summed E-state index contributed by atoms with van der Waals surface area (Å²) >= 11 is 0. The van der Waals surface area contributed by atoms with Gasteiger partial charge < -0.3 is 9.47 Å². The Morgan fingerprint density at radius 3 is 1.88 bits per heavy atom. The molecule has 3 aromatic carbocycles. The van der Waals surface area contributed by atoms with E-state index in [1.165, 1.54) is 20.1 Å². The van der Waals surface area contributed by atoms with Crippen LogP contribution in [-0.4, -0.2) is 24.1 Å². The van der Waals surface area contributed by atoms with Gasteiger partial charge in [0.15, 0.2) is 0 Å². The van der Waals surface area contributed by atoms with Gasteiger partial charge in [-0.05, 0) is 72.0 Å². The van der Waals surface area contributed by atoms with Crippen molar-refractivity contribution in [1.29, 1.82) is 0 Å². The zero-order chi connectivity index (χ0) is 32.1. The number of amides is 1. The van der Waals surface area contributed by atoms with E-state index < -0.39 is 65.6 Å². The fourth-order valence-electron chi connectivity index (χ4n) is 4.96. The second-order valence-electron chi connectivity index (χ2n) is 10.5. The normalized spacial score (nSPS) is 17.9. The standard InChI is InChI=1S/C30H26F9NO3/c1-15(2)18-5-8-25(42-4)23(11-18)22-7-6-19(28(31,32)33)13-24(22)26-16(3)40(27(41)43-26)14-17-9-20(29(34,35)36)12-21(10-17)30(37,38)39/h5-13,15-16,26H,14H2,1-4H3/t16-,26-/m0/s1. The largest absolute Gasteiger partial charge is 0.496 e. The Kier molecular flexibility index (Phi) is 8.42. The molecule has 43 heavy (non-hydrogen) atoms. The SMILES string of the molecule is COc1ccc(C(C)C)cc1-c1ccc(C(F)(F)F)cc1[C@H]1OC(=O)N(Cc2cc(C(F)(F)F)cc(C(F)(F)F)c2)[C@H]1C. The van der Waals surface area contributed by atoms with Crippen LogP contribution in [0.2, 0.25) is 0 Å². The number of halogens is 9. The number of hydrogen-bond acceptors (Lipinski definition) is 3. The van der Waals surface area contributed by atoms with Gasteiger partial charge in [0.2, 0.25) is 0 Å². The second kappa shape index (κ2) is 11.3. The molecule has 1 heterocycles. The zero-order valence-electron chi connectivity index (χ0n) is 23.2. The summed E-state index contributed by atoms with van der Waals surface area (Å²) in [5.41, 5.74) is -3.22. The molecule has 0 radical (unpaired) electrons. The number of benzene rings is 3. The minimum Gasteiger partial charge on any atom is -0.496 e. The van der Waals surface area contributed by atoms with Crippen molar-refractivity contribution in [1.82, 2.24) is 4.90 Å². The van der Waals surface area contributed by atoms with Crippen LogP contribution in [0.15, 0.2) is 54.6 Å². The number of cyclic esters (lactones) is 1. The molecule has 0 unspecified atom stereocenters. The van der Waals surface area contributed by atoms with Crippen molar-refractivity contribution in [2.75, 3.05) is 7.11 Å². The van der Waals surface area contributed by atoms with Crippen molar-refractivity contribution >= 4 is 6.09 Å². The Bertz CT molecular complexity index is 1480. The van der Waals surface area contributed by atoms with Gasteiger partial charge in [0.05, 0.1) is 29.8 Å². The number of ether oxygens (including phenoxy) is 2. The molecule has 4 rings (SSSR count). The Morgan fingerprint density at radius 2 is 1.37 bits per heavy atom. The van der Waals surface area contributed by atoms with Gasteiger partial charge in [0.1, 0.15) is 11.9 Å². The van der Waals surface area contributed by atoms with E-state index in [1.807, 2.05) is 13.8 Å². The van der Waals surface area contributed by atoms with E-state index in [9.17, 15) is 44.3 Å². The summed E-state index contributed by atoms with van der Waals surface area (Å²) in [6.45, 7) is 4.50. The van der Waals surface area contributed by atoms with Crippen molar-refractivity contribution < 1.29 is 53.8 Å². The molecule has 1 aliphatic rings. The second-order valence-corrected chi connectivity index (χ2v) is 10.5. The summed E-state index contributed by atoms with van der Waals surface area (Å²) in [4.78, 5) is 13.8. The first-order chi connectivity index (χ1) is 19.8. The van der Waals surface area contributed by atoms with Gasteiger partial charge in [0.25, 0.3) is 0 Å².